The van der Waals surface area contributed by atoms with E-state index in [4.69, 9.17) is 18.9 Å². The molecule has 17 nitrogen and oxygen atoms in total. The number of carbonyl (C=O) groups excluding carboxylic acids is 4. The summed E-state index contributed by atoms with van der Waals surface area (Å²) in [4.78, 5) is 45.7. The summed E-state index contributed by atoms with van der Waals surface area (Å²) in [6.07, 6.45) is 16.2. The maximum atomic E-state index is 11.7. The Morgan fingerprint density at radius 2 is 0.588 bits per heavy atom. The van der Waals surface area contributed by atoms with Crippen LogP contribution in [0.5, 0.6) is 0 Å². The molecule has 8 heterocycles. The lowest BCUT2D eigenvalue weighted by atomic mass is 9.44. The molecule has 0 bridgehead atoms. The van der Waals surface area contributed by atoms with E-state index in [9.17, 15) is 19.2 Å². The SMILES string of the molecule is CC(C)(C)CC(C1CC(C)(C)NC(C)(C)C1)(C1CC(C)(C)NC(C)(C)C1)C1CC(C)(C)NC(C)(C)C1.CC1OCC2(CO1)COC(C(C)(C)CC(C1CC(C)(C)NC(C)(C)C1)(C1CC(C)(C)NC(C)(C)C1)C1CC(C)(C)NC(C)(C)C1)OC2.COC(=O)CC(C(=O)OC)C(CC(C)=O)C(=O)OC. The van der Waals surface area contributed by atoms with Crippen LogP contribution in [-0.2, 0) is 52.3 Å². The highest BCUT2D eigenvalue weighted by molar-refractivity contribution is 5.89. The molecule has 102 heavy (non-hydrogen) atoms. The molecule has 8 fully saturated rings. The zero-order valence-corrected chi connectivity index (χ0v) is 71.9. The van der Waals surface area contributed by atoms with Crippen LogP contribution in [0.4, 0.5) is 0 Å². The average molecular weight is 1440 g/mol. The minimum Gasteiger partial charge on any atom is -0.469 e. The van der Waals surface area contributed by atoms with Gasteiger partial charge < -0.3 is 69.9 Å². The normalized spacial score (nSPS) is 30.0. The Labute approximate surface area is 623 Å². The maximum Gasteiger partial charge on any atom is 0.310 e. The zero-order valence-electron chi connectivity index (χ0n) is 71.9. The first-order valence-electron chi connectivity index (χ1n) is 39.8. The molecular weight excluding hydrogens is 1280 g/mol. The molecule has 594 valence electrons. The lowest BCUT2D eigenvalue weighted by molar-refractivity contribution is -0.322. The Balaban J connectivity index is 0.000000263. The van der Waals surface area contributed by atoms with Crippen molar-refractivity contribution in [3.8, 4) is 0 Å². The van der Waals surface area contributed by atoms with Gasteiger partial charge in [-0.1, -0.05) is 34.6 Å². The van der Waals surface area contributed by atoms with Crippen molar-refractivity contribution < 1.29 is 52.3 Å². The maximum absolute atomic E-state index is 11.7. The van der Waals surface area contributed by atoms with E-state index >= 15 is 0 Å². The van der Waals surface area contributed by atoms with Crippen molar-refractivity contribution in [2.75, 3.05) is 47.8 Å². The quantitative estimate of drug-likeness (QED) is 0.0592. The molecule has 0 aromatic heterocycles. The molecule has 2 atom stereocenters. The monoisotopic (exact) mass is 1440 g/mol. The van der Waals surface area contributed by atoms with Crippen molar-refractivity contribution in [2.24, 2.45) is 74.4 Å². The summed E-state index contributed by atoms with van der Waals surface area (Å²) in [5.41, 5.74) is 1.56. The molecule has 2 unspecified atom stereocenters. The molecule has 0 saturated carbocycles. The highest BCUT2D eigenvalue weighted by atomic mass is 16.7. The molecule has 0 radical (unpaired) electrons. The van der Waals surface area contributed by atoms with Crippen molar-refractivity contribution in [3.05, 3.63) is 0 Å². The van der Waals surface area contributed by atoms with Gasteiger partial charge in [0.2, 0.25) is 0 Å². The van der Waals surface area contributed by atoms with E-state index in [1.165, 1.54) is 90.4 Å². The molecule has 6 N–H and O–H groups in total. The highest BCUT2D eigenvalue weighted by Crippen LogP contribution is 2.66. The van der Waals surface area contributed by atoms with Crippen LogP contribution in [0.15, 0.2) is 0 Å². The Kier molecular flexibility index (Phi) is 26.8. The lowest BCUT2D eigenvalue weighted by Crippen LogP contribution is -2.68. The Bertz CT molecular complexity index is 2560. The molecule has 8 rings (SSSR count). The van der Waals surface area contributed by atoms with Gasteiger partial charge in [0.05, 0.1) is 71.4 Å². The predicted octanol–water partition coefficient (Wildman–Crippen LogP) is 16.0. The molecule has 8 aliphatic rings. The number of hydrogen-bond acceptors (Lipinski definition) is 17. The van der Waals surface area contributed by atoms with Crippen LogP contribution in [0.1, 0.15) is 317 Å². The number of nitrogens with one attached hydrogen (secondary N) is 6. The number of methoxy groups -OCH3 is 3. The first-order chi connectivity index (χ1) is 45.8. The predicted molar refractivity (Wildman–Crippen MR) is 414 cm³/mol. The number of carbonyl (C=O) groups is 4. The van der Waals surface area contributed by atoms with E-state index in [0.717, 1.165) is 27.8 Å². The van der Waals surface area contributed by atoms with Crippen LogP contribution in [0.2, 0.25) is 0 Å². The van der Waals surface area contributed by atoms with Gasteiger partial charge in [-0.15, -0.1) is 0 Å². The van der Waals surface area contributed by atoms with E-state index < -0.39 is 29.7 Å². The van der Waals surface area contributed by atoms with E-state index in [1.54, 1.807) is 0 Å². The number of esters is 3. The fraction of sp³-hybridized carbons (Fsp3) is 0.953. The van der Waals surface area contributed by atoms with Crippen LogP contribution in [-0.4, -0.2) is 150 Å². The number of ether oxygens (including phenoxy) is 7. The lowest BCUT2D eigenvalue weighted by Gasteiger charge is -2.66. The number of rotatable bonds is 17. The van der Waals surface area contributed by atoms with E-state index in [0.29, 0.717) is 67.3 Å². The second kappa shape index (κ2) is 30.9. The minimum atomic E-state index is -1.10. The van der Waals surface area contributed by atoms with Gasteiger partial charge in [0, 0.05) is 78.3 Å². The van der Waals surface area contributed by atoms with Gasteiger partial charge in [-0.05, 0) is 322 Å². The topological polar surface area (TPSA) is 205 Å². The van der Waals surface area contributed by atoms with E-state index in [2.05, 4.69) is 247 Å². The molecule has 0 amide bonds. The third-order valence-corrected chi connectivity index (χ3v) is 24.9. The molecular formula is C85H158N6O11. The second-order valence-corrected chi connectivity index (χ2v) is 44.7. The summed E-state index contributed by atoms with van der Waals surface area (Å²) in [5, 5.41) is 24.3. The molecule has 1 spiro atoms. The summed E-state index contributed by atoms with van der Waals surface area (Å²) in [6.45, 7) is 77.2. The molecule has 8 saturated heterocycles. The van der Waals surface area contributed by atoms with E-state index in [-0.39, 0.29) is 119 Å². The van der Waals surface area contributed by atoms with Crippen LogP contribution >= 0.6 is 0 Å². The first kappa shape index (κ1) is 88.6. The van der Waals surface area contributed by atoms with E-state index in [1.807, 2.05) is 6.92 Å². The van der Waals surface area contributed by atoms with Gasteiger partial charge in [-0.3, -0.25) is 14.4 Å². The Morgan fingerprint density at radius 1 is 0.363 bits per heavy atom. The largest absolute Gasteiger partial charge is 0.469 e. The zero-order chi connectivity index (χ0) is 77.9. The third kappa shape index (κ3) is 23.4. The van der Waals surface area contributed by atoms with Crippen molar-refractivity contribution in [1.82, 2.24) is 31.9 Å². The number of piperidine rings is 6. The van der Waals surface area contributed by atoms with Crippen molar-refractivity contribution in [3.63, 3.8) is 0 Å². The van der Waals surface area contributed by atoms with Crippen molar-refractivity contribution >= 4 is 23.7 Å². The fourth-order valence-corrected chi connectivity index (χ4v) is 24.4. The summed E-state index contributed by atoms with van der Waals surface area (Å²) < 4.78 is 39.0. The van der Waals surface area contributed by atoms with Gasteiger partial charge >= 0.3 is 17.9 Å². The van der Waals surface area contributed by atoms with Gasteiger partial charge in [0.15, 0.2) is 12.6 Å². The van der Waals surface area contributed by atoms with Gasteiger partial charge in [-0.2, -0.15) is 0 Å². The summed E-state index contributed by atoms with van der Waals surface area (Å²) in [7, 11) is 3.44. The number of ketones is 1. The summed E-state index contributed by atoms with van der Waals surface area (Å²) >= 11 is 0. The van der Waals surface area contributed by atoms with Crippen LogP contribution in [0.25, 0.3) is 0 Å². The third-order valence-electron chi connectivity index (χ3n) is 24.9. The molecule has 0 aliphatic carbocycles. The van der Waals surface area contributed by atoms with Crippen LogP contribution in [0.3, 0.4) is 0 Å². The van der Waals surface area contributed by atoms with Crippen molar-refractivity contribution in [1.29, 1.82) is 0 Å². The van der Waals surface area contributed by atoms with Gasteiger partial charge in [0.25, 0.3) is 0 Å². The Morgan fingerprint density at radius 3 is 0.804 bits per heavy atom. The summed E-state index contributed by atoms with van der Waals surface area (Å²) in [6, 6.07) is 0. The second-order valence-electron chi connectivity index (χ2n) is 44.7. The molecule has 17 heteroatoms. The average Bonchev–Trinajstić information content (AvgIpc) is 0.718. The molecule has 0 aromatic rings. The highest BCUT2D eigenvalue weighted by Gasteiger charge is 2.64. The number of Topliss-reactive ketones (excluding diaryl/α,β-unsaturated/α-hetero) is 1. The van der Waals surface area contributed by atoms with Gasteiger partial charge in [-0.25, -0.2) is 0 Å². The molecule has 0 aromatic carbocycles. The van der Waals surface area contributed by atoms with Crippen LogP contribution in [0, 0.1) is 74.4 Å². The van der Waals surface area contributed by atoms with Crippen LogP contribution < -0.4 is 31.9 Å². The number of hydrogen-bond donors (Lipinski definition) is 6. The van der Waals surface area contributed by atoms with Gasteiger partial charge in [0.1, 0.15) is 5.78 Å². The minimum absolute atomic E-state index is 0.0556. The Hall–Kier alpha value is -2.32. The molecule has 8 aliphatic heterocycles. The standard InChI is InChI=1S/C40H75N3O4.C33H65N3.C12H18O7/c1-27-44-23-39(24-45-27)25-46-31(47-26-39)32(2,3)22-40(28-16-33(4,5)41-34(6,7)17-28,29-18-35(8,9)42-36(10,11)19-29)30-20-37(12,13)43-38(14,15)21-30;1-26(2,3)22-33(23-16-27(4,5)34-28(6,7)17-23,24-18-29(8,9)35-30(10,11)19-24)25-20-31(12,13)36-32(14,15)21-25;1-7(13)5-8(11(15)18-3)9(12(16)19-4)6-10(14)17-2/h27-31,41-43H,16-26H2,1-15H3;23-25,34-36H,16-22H2,1-15H3;8-9H,5-6H2,1-4H3. The van der Waals surface area contributed by atoms with Crippen molar-refractivity contribution in [2.45, 2.75) is 396 Å². The summed E-state index contributed by atoms with van der Waals surface area (Å²) in [5.74, 6) is -0.800. The smallest absolute Gasteiger partial charge is 0.310 e. The fourth-order valence-electron chi connectivity index (χ4n) is 24.4. The first-order valence-corrected chi connectivity index (χ1v) is 39.8.